The Morgan fingerprint density at radius 2 is 1.82 bits per heavy atom. The minimum absolute atomic E-state index is 0.0338. The molecule has 16 nitrogen and oxygen atoms in total. The van der Waals surface area contributed by atoms with Gasteiger partial charge < -0.3 is 35.4 Å². The number of rotatable bonds is 14. The van der Waals surface area contributed by atoms with Crippen molar-refractivity contribution in [3.05, 3.63) is 72.1 Å². The number of hydrogen-bond donors (Lipinski definition) is 4. The zero-order chi connectivity index (χ0) is 48.3. The second-order valence-corrected chi connectivity index (χ2v) is 22.2. The molecular formula is C49H63N7O9S2. The van der Waals surface area contributed by atoms with Crippen molar-refractivity contribution >= 4 is 61.1 Å². The number of carbonyl (C=O) groups is 4. The quantitative estimate of drug-likeness (QED) is 0.0955. The van der Waals surface area contributed by atoms with Crippen LogP contribution in [0.5, 0.6) is 11.5 Å². The second kappa shape index (κ2) is 20.3. The van der Waals surface area contributed by atoms with Crippen molar-refractivity contribution in [3.8, 4) is 22.9 Å². The number of ether oxygens (including phenoxy) is 2. The summed E-state index contributed by atoms with van der Waals surface area (Å²) in [4.78, 5) is 67.7. The minimum Gasteiger partial charge on any atom is -0.497 e. The van der Waals surface area contributed by atoms with Gasteiger partial charge in [0.15, 0.2) is 5.13 Å². The van der Waals surface area contributed by atoms with E-state index in [2.05, 4.69) is 16.0 Å². The summed E-state index contributed by atoms with van der Waals surface area (Å²) in [5.41, 5.74) is -0.266. The summed E-state index contributed by atoms with van der Waals surface area (Å²) in [5.74, 6) is -2.49. The number of fused-ring (bicyclic) bond motifs is 3. The zero-order valence-electron chi connectivity index (χ0n) is 39.3. The summed E-state index contributed by atoms with van der Waals surface area (Å²) < 4.78 is 40.6. The predicted molar refractivity (Wildman–Crippen MR) is 257 cm³/mol. The maximum Gasteiger partial charge on any atom is 0.330 e. The van der Waals surface area contributed by atoms with Gasteiger partial charge in [0.05, 0.1) is 29.8 Å². The summed E-state index contributed by atoms with van der Waals surface area (Å²) >= 11 is 1.45. The lowest BCUT2D eigenvalue weighted by atomic mass is 9.78. The predicted octanol–water partition coefficient (Wildman–Crippen LogP) is 6.87. The van der Waals surface area contributed by atoms with Crippen molar-refractivity contribution in [2.75, 3.05) is 32.6 Å². The van der Waals surface area contributed by atoms with E-state index in [1.165, 1.54) is 39.7 Å². The summed E-state index contributed by atoms with van der Waals surface area (Å²) in [7, 11) is -0.782. The van der Waals surface area contributed by atoms with Gasteiger partial charge in [-0.1, -0.05) is 64.0 Å². The monoisotopic (exact) mass is 957 g/mol. The molecule has 18 heteroatoms. The Morgan fingerprint density at radius 1 is 1.06 bits per heavy atom. The Balaban J connectivity index is 1.18. The summed E-state index contributed by atoms with van der Waals surface area (Å²) in [6.07, 6.45) is 6.39. The first kappa shape index (κ1) is 49.3. The number of amides is 3. The Bertz CT molecular complexity index is 2600. The average molecular weight is 958 g/mol. The maximum atomic E-state index is 15.0. The van der Waals surface area contributed by atoms with Crippen molar-refractivity contribution in [3.63, 3.8) is 0 Å². The van der Waals surface area contributed by atoms with Crippen LogP contribution in [0.3, 0.4) is 0 Å². The number of pyridine rings is 1. The molecule has 3 aliphatic rings. The number of thiazole rings is 1. The zero-order valence-corrected chi connectivity index (χ0v) is 40.9. The van der Waals surface area contributed by atoms with Gasteiger partial charge in [0.25, 0.3) is 0 Å². The van der Waals surface area contributed by atoms with Crippen molar-refractivity contribution in [1.29, 1.82) is 0 Å². The Morgan fingerprint density at radius 3 is 2.52 bits per heavy atom. The second-order valence-electron chi connectivity index (χ2n) is 19.3. The molecule has 67 heavy (non-hydrogen) atoms. The van der Waals surface area contributed by atoms with Gasteiger partial charge in [0.2, 0.25) is 27.7 Å². The van der Waals surface area contributed by atoms with Gasteiger partial charge in [0.1, 0.15) is 40.9 Å². The third-order valence-corrected chi connectivity index (χ3v) is 15.6. The van der Waals surface area contributed by atoms with Gasteiger partial charge >= 0.3 is 5.97 Å². The molecular weight excluding hydrogens is 895 g/mol. The van der Waals surface area contributed by atoms with E-state index in [0.29, 0.717) is 46.6 Å². The van der Waals surface area contributed by atoms with Crippen LogP contribution in [-0.2, 0) is 29.2 Å². The van der Waals surface area contributed by atoms with Crippen molar-refractivity contribution in [2.24, 2.45) is 17.3 Å². The number of sulfonamides is 1. The first-order valence-corrected chi connectivity index (χ1v) is 25.3. The summed E-state index contributed by atoms with van der Waals surface area (Å²) in [6.45, 7) is 9.91. The highest BCUT2D eigenvalue weighted by atomic mass is 32.2. The van der Waals surface area contributed by atoms with E-state index >= 15 is 4.79 Å². The van der Waals surface area contributed by atoms with Crippen molar-refractivity contribution in [1.82, 2.24) is 29.8 Å². The number of hydrogen-bond acceptors (Lipinski definition) is 12. The molecule has 4 heterocycles. The first-order valence-electron chi connectivity index (χ1n) is 23.0. The average Bonchev–Trinajstić information content (AvgIpc) is 3.54. The van der Waals surface area contributed by atoms with Crippen LogP contribution in [-0.4, -0.2) is 113 Å². The third-order valence-electron chi connectivity index (χ3n) is 13.0. The molecule has 360 valence electrons. The smallest absolute Gasteiger partial charge is 0.330 e. The molecule has 2 fully saturated rings. The summed E-state index contributed by atoms with van der Waals surface area (Å²) in [6, 6.07) is 13.4. The van der Waals surface area contributed by atoms with Gasteiger partial charge in [-0.3, -0.25) is 14.4 Å². The van der Waals surface area contributed by atoms with E-state index in [-0.39, 0.29) is 49.7 Å². The van der Waals surface area contributed by atoms with E-state index in [1.807, 2.05) is 58.2 Å². The molecule has 2 aromatic heterocycles. The highest BCUT2D eigenvalue weighted by molar-refractivity contribution is 7.89. The number of carboxylic acid groups (broad SMARTS) is 1. The van der Waals surface area contributed by atoms with Crippen LogP contribution in [0.25, 0.3) is 22.3 Å². The third kappa shape index (κ3) is 11.4. The molecule has 1 saturated heterocycles. The topological polar surface area (TPSA) is 209 Å². The molecule has 1 unspecified atom stereocenters. The number of allylic oxidation sites excluding steroid dienone is 1. The number of benzene rings is 2. The number of aliphatic carboxylic acids is 1. The maximum absolute atomic E-state index is 15.0. The fourth-order valence-electron chi connectivity index (χ4n) is 8.87. The van der Waals surface area contributed by atoms with Crippen LogP contribution >= 0.6 is 11.3 Å². The fraction of sp³-hybridized carbons (Fsp3) is 0.510. The van der Waals surface area contributed by atoms with Crippen LogP contribution in [0.15, 0.2) is 77.0 Å². The normalized spacial score (nSPS) is 23.1. The molecule has 0 bridgehead atoms. The highest BCUT2D eigenvalue weighted by Crippen LogP contribution is 2.46. The number of nitrogens with one attached hydrogen (secondary N) is 3. The number of carboxylic acids is 1. The lowest BCUT2D eigenvalue weighted by molar-refractivity contribution is -0.146. The Labute approximate surface area is 397 Å². The largest absolute Gasteiger partial charge is 0.497 e. The van der Waals surface area contributed by atoms with Crippen LogP contribution in [0.4, 0.5) is 5.13 Å². The van der Waals surface area contributed by atoms with Crippen LogP contribution in [0, 0.1) is 17.3 Å². The van der Waals surface area contributed by atoms with Gasteiger partial charge in [0, 0.05) is 61.3 Å². The number of nitrogens with zero attached hydrogens (tertiary/aromatic N) is 4. The van der Waals surface area contributed by atoms with Crippen molar-refractivity contribution in [2.45, 2.75) is 121 Å². The number of anilines is 1. The summed E-state index contributed by atoms with van der Waals surface area (Å²) in [5, 5.41) is 22.9. The van der Waals surface area contributed by atoms with E-state index in [9.17, 15) is 27.9 Å². The number of carbonyl (C=O) groups excluding carboxylic acids is 3. The van der Waals surface area contributed by atoms with E-state index in [4.69, 9.17) is 19.4 Å². The van der Waals surface area contributed by atoms with Gasteiger partial charge in [-0.2, -0.15) is 0 Å². The Hall–Kier alpha value is -5.59. The molecule has 0 radical (unpaired) electrons. The molecule has 0 spiro atoms. The van der Waals surface area contributed by atoms with Crippen LogP contribution < -0.4 is 25.4 Å². The molecule has 2 aliphatic heterocycles. The Kier molecular flexibility index (Phi) is 15.0. The number of aromatic nitrogens is 2. The molecule has 1 saturated carbocycles. The standard InChI is InChI=1S/C49H63N7O9S2/c1-30(2)50-47-53-40(29-66-47)39-25-42(36-21-20-33(64-7)23-38(36)51-39)65-34-24-41-44(58)54-49(46(60)61)26-31(49)16-12-9-8-10-15-19-37(45(59)56(41)28-34)52-43(57)22-32(48(3,4)5)27-55(6)67(62,63)35-17-13-11-14-18-35/h11-14,16-18,20-21,23,25,29-32,34,37,41H,8-10,15,19,22,24,26-28H2,1-7H3,(H,50,53)(H,52,57)(H,54,58)(H,60,61)/t31?,32-,34-,37+,41+,49-/m1/s1. The molecule has 3 amide bonds. The van der Waals surface area contributed by atoms with Crippen LogP contribution in [0.2, 0.25) is 0 Å². The molecule has 2 aromatic carbocycles. The van der Waals surface area contributed by atoms with Gasteiger partial charge in [-0.25, -0.2) is 27.5 Å². The van der Waals surface area contributed by atoms with Gasteiger partial charge in [-0.15, -0.1) is 11.3 Å². The van der Waals surface area contributed by atoms with E-state index in [0.717, 1.165) is 18.0 Å². The molecule has 4 N–H and O–H groups in total. The van der Waals surface area contributed by atoms with Gasteiger partial charge in [-0.05, 0) is 75.1 Å². The lowest BCUT2D eigenvalue weighted by Crippen LogP contribution is -2.56. The van der Waals surface area contributed by atoms with Crippen LogP contribution in [0.1, 0.15) is 86.0 Å². The van der Waals surface area contributed by atoms with E-state index in [1.54, 1.807) is 43.5 Å². The minimum atomic E-state index is -3.85. The number of methoxy groups -OCH3 is 1. The first-order chi connectivity index (χ1) is 31.8. The fourth-order valence-corrected chi connectivity index (χ4v) is 11.0. The van der Waals surface area contributed by atoms with Crippen molar-refractivity contribution < 1.29 is 42.2 Å². The molecule has 7 rings (SSSR count). The molecule has 6 atom stereocenters. The SMILES string of the molecule is COc1ccc2c(O[C@@H]3C[C@H]4C(=O)N[C@]5(C(=O)O)CC5C=CCCCCC[C@H](NC(=O)C[C@H](CN(C)S(=O)(=O)c5ccccc5)C(C)(C)C)C(=O)N4C3)cc(-c3csc(NC(C)C)n3)nc2c1. The highest BCUT2D eigenvalue weighted by Gasteiger charge is 2.61. The molecule has 1 aliphatic carbocycles. The molecule has 4 aromatic rings. The lowest BCUT2D eigenvalue weighted by Gasteiger charge is -2.34. The van der Waals surface area contributed by atoms with E-state index < -0.39 is 74.7 Å².